The first-order valence-corrected chi connectivity index (χ1v) is 7.65. The molecule has 0 saturated carbocycles. The van der Waals surface area contributed by atoms with E-state index in [1.807, 2.05) is 0 Å². The van der Waals surface area contributed by atoms with Gasteiger partial charge in [-0.2, -0.15) is 0 Å². The summed E-state index contributed by atoms with van der Waals surface area (Å²) in [5.74, 6) is -1.48. The molecule has 0 saturated heterocycles. The Bertz CT molecular complexity index is 426. The van der Waals surface area contributed by atoms with Gasteiger partial charge in [-0.1, -0.05) is 0 Å². The molecular formula is C6H26N4O12P2. The molecule has 0 radical (unpaired) electrons. The Labute approximate surface area is 136 Å². The van der Waals surface area contributed by atoms with Crippen LogP contribution in [-0.4, -0.2) is 52.6 Å². The number of carbonyl (C=O) groups excluding carboxylic acids is 1. The first kappa shape index (κ1) is 34.9. The number of hydrogen-bond donors (Lipinski definition) is 7. The van der Waals surface area contributed by atoms with Gasteiger partial charge in [0.1, 0.15) is 24.9 Å². The molecule has 0 amide bonds. The normalized spacial score (nSPS) is 14.6. The second-order valence-corrected chi connectivity index (χ2v) is 5.74. The molecule has 3 unspecified atom stereocenters. The Balaban J connectivity index is -0.000000301. The van der Waals surface area contributed by atoms with Crippen LogP contribution in [-0.2, 0) is 23.0 Å². The maximum absolute atomic E-state index is 11.1. The molecule has 16 nitrogen and oxygen atoms in total. The Morgan fingerprint density at radius 3 is 1.58 bits per heavy atom. The molecule has 19 N–H and O–H groups in total. The molecule has 24 heavy (non-hydrogen) atoms. The Hall–Kier alpha value is -0.390. The molecule has 0 aromatic rings. The zero-order valence-electron chi connectivity index (χ0n) is 13.6. The van der Waals surface area contributed by atoms with Crippen molar-refractivity contribution in [2.45, 2.75) is 18.3 Å². The number of ketones is 1. The van der Waals surface area contributed by atoms with Crippen molar-refractivity contribution < 1.29 is 57.9 Å². The quantitative estimate of drug-likeness (QED) is 0.178. The lowest BCUT2D eigenvalue weighted by molar-refractivity contribution is -0.344. The summed E-state index contributed by atoms with van der Waals surface area (Å²) in [4.78, 5) is 51.4. The Kier molecular flexibility index (Phi) is 20.1. The fourth-order valence-corrected chi connectivity index (χ4v) is 1.52. The van der Waals surface area contributed by atoms with Crippen LogP contribution in [0.2, 0.25) is 0 Å². The van der Waals surface area contributed by atoms with Crippen LogP contribution >= 0.6 is 15.6 Å². The second-order valence-electron chi connectivity index (χ2n) is 3.43. The Morgan fingerprint density at radius 1 is 0.875 bits per heavy atom. The average Bonchev–Trinajstić information content (AvgIpc) is 2.29. The fourth-order valence-electron chi connectivity index (χ4n) is 0.895. The van der Waals surface area contributed by atoms with E-state index >= 15 is 0 Å². The van der Waals surface area contributed by atoms with Crippen LogP contribution in [0.3, 0.4) is 0 Å². The van der Waals surface area contributed by atoms with Crippen molar-refractivity contribution in [2.75, 3.05) is 13.2 Å². The molecule has 0 aliphatic carbocycles. The van der Waals surface area contributed by atoms with Gasteiger partial charge in [-0.15, -0.1) is 0 Å². The van der Waals surface area contributed by atoms with Crippen molar-refractivity contribution >= 4 is 21.4 Å². The molecule has 0 spiro atoms. The van der Waals surface area contributed by atoms with Crippen LogP contribution in [0, 0.1) is 0 Å². The topological polar surface area (TPSA) is 369 Å². The number of aliphatic hydroxyl groups excluding tert-OH is 3. The van der Waals surface area contributed by atoms with Crippen LogP contribution in [0.4, 0.5) is 0 Å². The zero-order valence-corrected chi connectivity index (χ0v) is 15.3. The minimum atomic E-state index is -5.47. The predicted molar refractivity (Wildman–Crippen MR) is 74.1 cm³/mol. The van der Waals surface area contributed by atoms with Crippen molar-refractivity contribution in [3.8, 4) is 0 Å². The SMILES string of the molecule is O=C(COP(=O)([O-])[O-])C(O)C(O)C(O)COP(=O)([O-])[O-].[NH4+].[NH4+].[NH4+].[NH4+]. The van der Waals surface area contributed by atoms with Crippen molar-refractivity contribution in [1.29, 1.82) is 0 Å². The number of phosphoric ester groups is 2. The number of hydrogen-bond acceptors (Lipinski definition) is 12. The van der Waals surface area contributed by atoms with Crippen LogP contribution in [0.1, 0.15) is 0 Å². The average molecular weight is 408 g/mol. The monoisotopic (exact) mass is 408 g/mol. The number of Topliss-reactive ketones (excluding diaryl/α,β-unsaturated/α-hetero) is 1. The molecule has 0 aromatic carbocycles. The summed E-state index contributed by atoms with van der Waals surface area (Å²) in [6.07, 6.45) is -6.83. The minimum Gasteiger partial charge on any atom is -0.790 e. The van der Waals surface area contributed by atoms with E-state index < -0.39 is 53.0 Å². The molecule has 0 bridgehead atoms. The number of aliphatic hydroxyl groups is 3. The molecule has 0 fully saturated rings. The van der Waals surface area contributed by atoms with E-state index in [0.29, 0.717) is 0 Å². The second kappa shape index (κ2) is 13.9. The maximum atomic E-state index is 11.1. The third-order valence-corrected chi connectivity index (χ3v) is 2.73. The van der Waals surface area contributed by atoms with E-state index in [-0.39, 0.29) is 24.6 Å². The third kappa shape index (κ3) is 16.5. The molecule has 0 rings (SSSR count). The molecule has 0 aliphatic rings. The summed E-state index contributed by atoms with van der Waals surface area (Å²) in [5, 5.41) is 27.5. The van der Waals surface area contributed by atoms with E-state index in [1.54, 1.807) is 0 Å². The number of phosphoric acid groups is 2. The number of rotatable bonds is 9. The maximum Gasteiger partial charge on any atom is 0.189 e. The molecule has 0 aliphatic heterocycles. The highest BCUT2D eigenvalue weighted by molar-refractivity contribution is 7.43. The van der Waals surface area contributed by atoms with Gasteiger partial charge in [0.2, 0.25) is 0 Å². The Morgan fingerprint density at radius 2 is 1.25 bits per heavy atom. The van der Waals surface area contributed by atoms with Gasteiger partial charge in [-0.05, 0) is 0 Å². The first-order valence-electron chi connectivity index (χ1n) is 4.73. The molecule has 3 atom stereocenters. The summed E-state index contributed by atoms with van der Waals surface area (Å²) in [5.41, 5.74) is 0. The highest BCUT2D eigenvalue weighted by atomic mass is 31.2. The van der Waals surface area contributed by atoms with Crippen molar-refractivity contribution in [3.63, 3.8) is 0 Å². The lowest BCUT2D eigenvalue weighted by atomic mass is 10.1. The fraction of sp³-hybridized carbons (Fsp3) is 0.833. The van der Waals surface area contributed by atoms with Gasteiger partial charge < -0.3 is 77.7 Å². The van der Waals surface area contributed by atoms with Crippen molar-refractivity contribution in [3.05, 3.63) is 0 Å². The largest absolute Gasteiger partial charge is 0.790 e. The summed E-state index contributed by atoms with van der Waals surface area (Å²) < 4.78 is 27.3. The van der Waals surface area contributed by atoms with Gasteiger partial charge in [0.25, 0.3) is 0 Å². The van der Waals surface area contributed by atoms with Gasteiger partial charge in [0.15, 0.2) is 5.78 Å². The molecular weight excluding hydrogens is 382 g/mol. The summed E-state index contributed by atoms with van der Waals surface area (Å²) in [6, 6.07) is 0. The van der Waals surface area contributed by atoms with Gasteiger partial charge in [0, 0.05) is 0 Å². The van der Waals surface area contributed by atoms with E-state index in [0.717, 1.165) is 0 Å². The zero-order chi connectivity index (χ0) is 16.1. The van der Waals surface area contributed by atoms with E-state index in [9.17, 15) is 38.6 Å². The van der Waals surface area contributed by atoms with E-state index in [1.165, 1.54) is 0 Å². The lowest BCUT2D eigenvalue weighted by Crippen LogP contribution is -2.45. The molecule has 152 valence electrons. The van der Waals surface area contributed by atoms with Crippen LogP contribution in [0.15, 0.2) is 0 Å². The molecule has 0 aromatic heterocycles. The van der Waals surface area contributed by atoms with Crippen molar-refractivity contribution in [1.82, 2.24) is 24.6 Å². The van der Waals surface area contributed by atoms with Crippen LogP contribution < -0.4 is 44.2 Å². The van der Waals surface area contributed by atoms with Gasteiger partial charge in [-0.3, -0.25) is 4.79 Å². The first-order chi connectivity index (χ1) is 8.83. The van der Waals surface area contributed by atoms with Crippen LogP contribution in [0.25, 0.3) is 0 Å². The highest BCUT2D eigenvalue weighted by Gasteiger charge is 2.30. The summed E-state index contributed by atoms with van der Waals surface area (Å²) in [6.45, 7) is -2.63. The molecule has 18 heteroatoms. The standard InChI is InChI=1S/C6H14O12P2.4H3N/c7-3(1-17-19(11,12)13)5(9)6(10)4(8)2-18-20(14,15)16;;;;/h3,5-7,9-10H,1-2H2,(H2,11,12,13)(H2,14,15,16);4*1H3. The minimum absolute atomic E-state index is 0. The number of carbonyl (C=O) groups is 1. The smallest absolute Gasteiger partial charge is 0.189 e. The van der Waals surface area contributed by atoms with E-state index in [2.05, 4.69) is 9.05 Å². The van der Waals surface area contributed by atoms with Gasteiger partial charge in [-0.25, -0.2) is 0 Å². The van der Waals surface area contributed by atoms with Crippen molar-refractivity contribution in [2.24, 2.45) is 0 Å². The predicted octanol–water partition coefficient (Wildman–Crippen LogP) is -4.17. The highest BCUT2D eigenvalue weighted by Crippen LogP contribution is 2.26. The van der Waals surface area contributed by atoms with E-state index in [4.69, 9.17) is 10.2 Å². The van der Waals surface area contributed by atoms with Gasteiger partial charge >= 0.3 is 0 Å². The third-order valence-electron chi connectivity index (χ3n) is 1.82. The summed E-state index contributed by atoms with van der Waals surface area (Å²) >= 11 is 0. The molecule has 0 heterocycles. The van der Waals surface area contributed by atoms with Crippen LogP contribution in [0.5, 0.6) is 0 Å². The van der Waals surface area contributed by atoms with Gasteiger partial charge in [0.05, 0.1) is 22.3 Å². The number of quaternary nitrogens is 4. The summed E-state index contributed by atoms with van der Waals surface area (Å²) in [7, 11) is -10.9. The lowest BCUT2D eigenvalue weighted by Gasteiger charge is -2.31.